The minimum absolute atomic E-state index is 0.0821. The summed E-state index contributed by atoms with van der Waals surface area (Å²) in [5.74, 6) is 0. The van der Waals surface area contributed by atoms with Gasteiger partial charge in [0.05, 0.1) is 0 Å². The monoisotopic (exact) mass is 426 g/mol. The summed E-state index contributed by atoms with van der Waals surface area (Å²) in [5.41, 5.74) is 6.41. The van der Waals surface area contributed by atoms with Crippen molar-refractivity contribution in [1.29, 1.82) is 0 Å². The summed E-state index contributed by atoms with van der Waals surface area (Å²) in [5, 5.41) is 6.04. The van der Waals surface area contributed by atoms with Crippen LogP contribution in [0.1, 0.15) is 22.3 Å². The van der Waals surface area contributed by atoms with Crippen LogP contribution in [0.4, 0.5) is 21.0 Å². The Morgan fingerprint density at radius 1 is 0.656 bits per heavy atom. The lowest BCUT2D eigenvalue weighted by Gasteiger charge is -2.19. The molecule has 3 aromatic rings. The lowest BCUT2D eigenvalue weighted by molar-refractivity contribution is 0.246. The molecule has 0 unspecified atom stereocenters. The number of rotatable bonds is 4. The van der Waals surface area contributed by atoms with Crippen molar-refractivity contribution in [2.24, 2.45) is 0 Å². The van der Waals surface area contributed by atoms with Gasteiger partial charge in [0.2, 0.25) is 0 Å². The Balaban J connectivity index is 1.16. The van der Waals surface area contributed by atoms with Crippen LogP contribution in [0.5, 0.6) is 0 Å². The summed E-state index contributed by atoms with van der Waals surface area (Å²) in [4.78, 5) is 29.0. The predicted octanol–water partition coefficient (Wildman–Crippen LogP) is 4.23. The third-order valence-corrected chi connectivity index (χ3v) is 6.14. The van der Waals surface area contributed by atoms with Crippen LogP contribution in [0, 0.1) is 0 Å². The van der Waals surface area contributed by atoms with Gasteiger partial charge in [0.15, 0.2) is 0 Å². The fourth-order valence-electron chi connectivity index (χ4n) is 4.49. The second-order valence-electron chi connectivity index (χ2n) is 8.20. The molecule has 0 fully saturated rings. The molecule has 3 aromatic carbocycles. The highest BCUT2D eigenvalue weighted by Crippen LogP contribution is 2.28. The Morgan fingerprint density at radius 2 is 1.12 bits per heavy atom. The maximum atomic E-state index is 12.7. The molecule has 2 heterocycles. The molecule has 0 saturated carbocycles. The van der Waals surface area contributed by atoms with Gasteiger partial charge in [-0.2, -0.15) is 0 Å². The zero-order valence-electron chi connectivity index (χ0n) is 17.9. The number of carbonyl (C=O) groups excluding carboxylic acids is 2. The third kappa shape index (κ3) is 4.04. The topological polar surface area (TPSA) is 64.7 Å². The number of nitrogens with zero attached hydrogens (tertiary/aromatic N) is 2. The Labute approximate surface area is 187 Å². The first kappa shape index (κ1) is 20.1. The number of urea groups is 2. The van der Waals surface area contributed by atoms with Gasteiger partial charge in [0.25, 0.3) is 0 Å². The molecule has 2 aliphatic heterocycles. The van der Waals surface area contributed by atoms with Crippen molar-refractivity contribution in [3.63, 3.8) is 0 Å². The molecule has 6 nitrogen and oxygen atoms in total. The minimum Gasteiger partial charge on any atom is -0.334 e. The van der Waals surface area contributed by atoms with Crippen LogP contribution in [-0.2, 0) is 25.9 Å². The van der Waals surface area contributed by atoms with E-state index in [9.17, 15) is 9.59 Å². The van der Waals surface area contributed by atoms with Crippen LogP contribution >= 0.6 is 0 Å². The Bertz CT molecular complexity index is 1070. The SMILES string of the molecule is O=C(NCc1cccc(CNC(=O)N2CCc3ccccc32)c1)N1CCc2ccccc21. The first-order valence-corrected chi connectivity index (χ1v) is 11.0. The van der Waals surface area contributed by atoms with Crippen molar-refractivity contribution in [2.45, 2.75) is 25.9 Å². The molecule has 2 aliphatic rings. The molecule has 0 bridgehead atoms. The summed E-state index contributed by atoms with van der Waals surface area (Å²) >= 11 is 0. The van der Waals surface area contributed by atoms with E-state index in [0.717, 1.165) is 35.3 Å². The van der Waals surface area contributed by atoms with Gasteiger partial charge in [-0.25, -0.2) is 9.59 Å². The predicted molar refractivity (Wildman–Crippen MR) is 126 cm³/mol. The summed E-state index contributed by atoms with van der Waals surface area (Å²) < 4.78 is 0. The summed E-state index contributed by atoms with van der Waals surface area (Å²) in [6, 6.07) is 23.8. The molecule has 0 spiro atoms. The lowest BCUT2D eigenvalue weighted by atomic mass is 10.1. The van der Waals surface area contributed by atoms with Gasteiger partial charge >= 0.3 is 12.1 Å². The summed E-state index contributed by atoms with van der Waals surface area (Å²) in [6.07, 6.45) is 1.78. The van der Waals surface area contributed by atoms with Crippen molar-refractivity contribution in [3.05, 3.63) is 95.1 Å². The van der Waals surface area contributed by atoms with E-state index in [0.29, 0.717) is 26.2 Å². The molecule has 162 valence electrons. The molecule has 2 N–H and O–H groups in total. The second-order valence-corrected chi connectivity index (χ2v) is 8.20. The van der Waals surface area contributed by atoms with Crippen molar-refractivity contribution in [1.82, 2.24) is 10.6 Å². The Hall–Kier alpha value is -3.80. The third-order valence-electron chi connectivity index (χ3n) is 6.14. The highest BCUT2D eigenvalue weighted by atomic mass is 16.2. The average Bonchev–Trinajstić information content (AvgIpc) is 3.46. The van der Waals surface area contributed by atoms with Gasteiger partial charge in [-0.1, -0.05) is 60.7 Å². The van der Waals surface area contributed by atoms with E-state index in [1.807, 2.05) is 60.7 Å². The Morgan fingerprint density at radius 3 is 1.62 bits per heavy atom. The van der Waals surface area contributed by atoms with Gasteiger partial charge < -0.3 is 10.6 Å². The molecule has 0 atom stereocenters. The van der Waals surface area contributed by atoms with Crippen LogP contribution in [-0.4, -0.2) is 25.2 Å². The number of para-hydroxylation sites is 2. The number of fused-ring (bicyclic) bond motifs is 2. The maximum absolute atomic E-state index is 12.7. The number of hydrogen-bond acceptors (Lipinski definition) is 2. The normalized spacial score (nSPS) is 14.1. The van der Waals surface area contributed by atoms with E-state index in [1.54, 1.807) is 9.80 Å². The number of hydrogen-bond donors (Lipinski definition) is 2. The fraction of sp³-hybridized carbons (Fsp3) is 0.231. The number of anilines is 2. The van der Waals surface area contributed by atoms with Gasteiger partial charge in [0.1, 0.15) is 0 Å². The van der Waals surface area contributed by atoms with E-state index in [4.69, 9.17) is 0 Å². The van der Waals surface area contributed by atoms with Crippen LogP contribution < -0.4 is 20.4 Å². The van der Waals surface area contributed by atoms with Crippen molar-refractivity contribution in [2.75, 3.05) is 22.9 Å². The van der Waals surface area contributed by atoms with Gasteiger partial charge in [-0.05, 0) is 47.2 Å². The summed E-state index contributed by atoms with van der Waals surface area (Å²) in [7, 11) is 0. The molecule has 4 amide bonds. The molecular formula is C26H26N4O2. The van der Waals surface area contributed by atoms with Gasteiger partial charge in [-0.15, -0.1) is 0 Å². The lowest BCUT2D eigenvalue weighted by Crippen LogP contribution is -2.39. The zero-order chi connectivity index (χ0) is 21.9. The van der Waals surface area contributed by atoms with Crippen molar-refractivity contribution >= 4 is 23.4 Å². The van der Waals surface area contributed by atoms with E-state index in [1.165, 1.54) is 11.1 Å². The molecule has 0 radical (unpaired) electrons. The van der Waals surface area contributed by atoms with E-state index >= 15 is 0 Å². The van der Waals surface area contributed by atoms with Crippen LogP contribution in [0.2, 0.25) is 0 Å². The molecule has 5 rings (SSSR count). The van der Waals surface area contributed by atoms with E-state index in [-0.39, 0.29) is 12.1 Å². The maximum Gasteiger partial charge on any atom is 0.322 e. The highest BCUT2D eigenvalue weighted by Gasteiger charge is 2.24. The number of amides is 4. The molecule has 0 aliphatic carbocycles. The molecular weight excluding hydrogens is 400 g/mol. The number of nitrogens with one attached hydrogen (secondary N) is 2. The van der Waals surface area contributed by atoms with Gasteiger partial charge in [0, 0.05) is 37.6 Å². The van der Waals surface area contributed by atoms with Crippen LogP contribution in [0.15, 0.2) is 72.8 Å². The first-order chi connectivity index (χ1) is 15.7. The smallest absolute Gasteiger partial charge is 0.322 e. The minimum atomic E-state index is -0.0821. The fourth-order valence-corrected chi connectivity index (χ4v) is 4.49. The van der Waals surface area contributed by atoms with Crippen LogP contribution in [0.25, 0.3) is 0 Å². The second kappa shape index (κ2) is 8.75. The summed E-state index contributed by atoms with van der Waals surface area (Å²) in [6.45, 7) is 2.30. The molecule has 32 heavy (non-hydrogen) atoms. The average molecular weight is 427 g/mol. The molecule has 0 saturated heterocycles. The molecule has 0 aromatic heterocycles. The first-order valence-electron chi connectivity index (χ1n) is 11.0. The van der Waals surface area contributed by atoms with Crippen molar-refractivity contribution < 1.29 is 9.59 Å². The van der Waals surface area contributed by atoms with Crippen LogP contribution in [0.3, 0.4) is 0 Å². The Kier molecular flexibility index (Phi) is 5.50. The van der Waals surface area contributed by atoms with Crippen molar-refractivity contribution in [3.8, 4) is 0 Å². The van der Waals surface area contributed by atoms with E-state index in [2.05, 4.69) is 22.8 Å². The number of carbonyl (C=O) groups is 2. The quantitative estimate of drug-likeness (QED) is 0.656. The standard InChI is InChI=1S/C26H26N4O2/c31-25(29-14-12-21-8-1-3-10-23(21)29)27-17-19-6-5-7-20(16-19)18-28-26(32)30-15-13-22-9-2-4-11-24(22)30/h1-11,16H,12-15,17-18H2,(H,27,31)(H,28,32). The highest BCUT2D eigenvalue weighted by molar-refractivity contribution is 5.94. The zero-order valence-corrected chi connectivity index (χ0v) is 17.9. The van der Waals surface area contributed by atoms with Gasteiger partial charge in [-0.3, -0.25) is 9.80 Å². The largest absolute Gasteiger partial charge is 0.334 e. The molecule has 6 heteroatoms. The number of benzene rings is 3. The van der Waals surface area contributed by atoms with E-state index < -0.39 is 0 Å².